The van der Waals surface area contributed by atoms with Crippen LogP contribution in [0.1, 0.15) is 40.2 Å². The zero-order valence-electron chi connectivity index (χ0n) is 20.9. The maximum Gasteiger partial charge on any atom is 0.264 e. The van der Waals surface area contributed by atoms with Crippen LogP contribution in [0.3, 0.4) is 0 Å². The SMILES string of the molecule is Cc1cccc(C)c1-c1cc2nc(n1)NS(=O)(=O)c1cccc(c1)CC1Cc3ccccc3C(CO2)C1. The van der Waals surface area contributed by atoms with E-state index in [-0.39, 0.29) is 16.8 Å². The van der Waals surface area contributed by atoms with Crippen molar-refractivity contribution in [2.24, 2.45) is 5.92 Å². The number of aryl methyl sites for hydroxylation is 2. The Morgan fingerprint density at radius 2 is 1.68 bits per heavy atom. The van der Waals surface area contributed by atoms with Crippen LogP contribution in [0, 0.1) is 19.8 Å². The minimum Gasteiger partial charge on any atom is -0.477 e. The third-order valence-corrected chi connectivity index (χ3v) is 8.78. The average molecular weight is 512 g/mol. The maximum absolute atomic E-state index is 13.4. The summed E-state index contributed by atoms with van der Waals surface area (Å²) < 4.78 is 35.7. The number of rotatable bonds is 1. The lowest BCUT2D eigenvalue weighted by Crippen LogP contribution is -2.25. The number of benzene rings is 3. The van der Waals surface area contributed by atoms with E-state index in [1.807, 2.05) is 50.2 Å². The van der Waals surface area contributed by atoms with Gasteiger partial charge in [-0.15, -0.1) is 0 Å². The third kappa shape index (κ3) is 4.71. The lowest BCUT2D eigenvalue weighted by atomic mass is 9.75. The minimum atomic E-state index is -3.89. The summed E-state index contributed by atoms with van der Waals surface area (Å²) in [5, 5.41) is 0. The first-order chi connectivity index (χ1) is 17.9. The molecule has 1 aliphatic heterocycles. The number of fused-ring (bicyclic) bond motifs is 8. The molecule has 1 aliphatic carbocycles. The Labute approximate surface area is 217 Å². The zero-order chi connectivity index (χ0) is 25.6. The highest BCUT2D eigenvalue weighted by Crippen LogP contribution is 2.38. The molecule has 2 atom stereocenters. The van der Waals surface area contributed by atoms with Crippen molar-refractivity contribution >= 4 is 16.0 Å². The molecule has 188 valence electrons. The van der Waals surface area contributed by atoms with Gasteiger partial charge in [-0.25, -0.2) is 18.1 Å². The number of sulfonamides is 1. The molecule has 7 heteroatoms. The molecule has 1 aromatic heterocycles. The molecule has 4 aromatic rings. The van der Waals surface area contributed by atoms with Gasteiger partial charge in [0, 0.05) is 17.5 Å². The Bertz CT molecular complexity index is 1580. The van der Waals surface area contributed by atoms with Crippen molar-refractivity contribution < 1.29 is 13.2 Å². The fourth-order valence-electron chi connectivity index (χ4n) is 5.78. The molecule has 37 heavy (non-hydrogen) atoms. The van der Waals surface area contributed by atoms with E-state index in [4.69, 9.17) is 4.74 Å². The van der Waals surface area contributed by atoms with Gasteiger partial charge in [0.05, 0.1) is 17.2 Å². The summed E-state index contributed by atoms with van der Waals surface area (Å²) in [5.74, 6) is 0.971. The molecule has 0 spiro atoms. The van der Waals surface area contributed by atoms with Crippen LogP contribution in [0.25, 0.3) is 11.3 Å². The fraction of sp³-hybridized carbons (Fsp3) is 0.267. The summed E-state index contributed by atoms with van der Waals surface area (Å²) in [7, 11) is -3.89. The monoisotopic (exact) mass is 511 g/mol. The average Bonchev–Trinajstić information content (AvgIpc) is 2.86. The maximum atomic E-state index is 13.4. The molecule has 2 unspecified atom stereocenters. The molecular weight excluding hydrogens is 482 g/mol. The lowest BCUT2D eigenvalue weighted by molar-refractivity contribution is 0.245. The Morgan fingerprint density at radius 1 is 0.892 bits per heavy atom. The van der Waals surface area contributed by atoms with Gasteiger partial charge in [0.25, 0.3) is 10.0 Å². The van der Waals surface area contributed by atoms with Crippen molar-refractivity contribution in [3.63, 3.8) is 0 Å². The van der Waals surface area contributed by atoms with Gasteiger partial charge in [0.15, 0.2) is 0 Å². The molecule has 0 saturated carbocycles. The molecule has 3 aromatic carbocycles. The van der Waals surface area contributed by atoms with Crippen molar-refractivity contribution in [2.75, 3.05) is 11.3 Å². The normalized spacial score (nSPS) is 20.1. The lowest BCUT2D eigenvalue weighted by Gasteiger charge is -2.32. The van der Waals surface area contributed by atoms with Crippen LogP contribution in [-0.4, -0.2) is 25.0 Å². The van der Waals surface area contributed by atoms with Gasteiger partial charge in [-0.05, 0) is 79.0 Å². The minimum absolute atomic E-state index is 0.000429. The second-order valence-corrected chi connectivity index (χ2v) is 11.8. The molecule has 6 rings (SSSR count). The summed E-state index contributed by atoms with van der Waals surface area (Å²) in [5.41, 5.74) is 7.33. The van der Waals surface area contributed by atoms with Crippen LogP contribution in [0.2, 0.25) is 0 Å². The van der Waals surface area contributed by atoms with E-state index in [1.54, 1.807) is 12.1 Å². The summed E-state index contributed by atoms with van der Waals surface area (Å²) in [6.45, 7) is 4.50. The molecule has 6 nitrogen and oxygen atoms in total. The molecule has 0 radical (unpaired) electrons. The first kappa shape index (κ1) is 23.7. The van der Waals surface area contributed by atoms with Gasteiger partial charge in [-0.2, -0.15) is 4.98 Å². The second kappa shape index (κ2) is 9.30. The van der Waals surface area contributed by atoms with Crippen molar-refractivity contribution in [2.45, 2.75) is 43.9 Å². The number of aromatic nitrogens is 2. The Morgan fingerprint density at radius 3 is 2.51 bits per heavy atom. The number of nitrogens with zero attached hydrogens (tertiary/aromatic N) is 2. The molecule has 2 heterocycles. The van der Waals surface area contributed by atoms with Gasteiger partial charge >= 0.3 is 0 Å². The van der Waals surface area contributed by atoms with E-state index in [1.165, 1.54) is 11.1 Å². The largest absolute Gasteiger partial charge is 0.477 e. The van der Waals surface area contributed by atoms with E-state index in [0.717, 1.165) is 41.5 Å². The molecule has 0 saturated heterocycles. The molecule has 1 N–H and O–H groups in total. The Kier molecular flexibility index (Phi) is 5.95. The summed E-state index contributed by atoms with van der Waals surface area (Å²) in [6, 6.07) is 23.6. The number of hydrogen-bond acceptors (Lipinski definition) is 5. The van der Waals surface area contributed by atoms with Crippen molar-refractivity contribution in [1.29, 1.82) is 0 Å². The van der Waals surface area contributed by atoms with Crippen molar-refractivity contribution in [3.8, 4) is 17.1 Å². The highest BCUT2D eigenvalue weighted by Gasteiger charge is 2.29. The second-order valence-electron chi connectivity index (χ2n) is 10.2. The van der Waals surface area contributed by atoms with Crippen molar-refractivity contribution in [3.05, 3.63) is 101 Å². The molecule has 2 aliphatic rings. The number of nitrogens with one attached hydrogen (secondary N) is 1. The molecule has 6 bridgehead atoms. The Balaban J connectivity index is 1.50. The van der Waals surface area contributed by atoms with Crippen molar-refractivity contribution in [1.82, 2.24) is 9.97 Å². The summed E-state index contributed by atoms with van der Waals surface area (Å²) in [4.78, 5) is 9.30. The predicted octanol–water partition coefficient (Wildman–Crippen LogP) is 5.84. The van der Waals surface area contributed by atoms with Gasteiger partial charge in [0.1, 0.15) is 0 Å². The van der Waals surface area contributed by atoms with Crippen LogP contribution < -0.4 is 9.46 Å². The molecule has 0 fully saturated rings. The predicted molar refractivity (Wildman–Crippen MR) is 144 cm³/mol. The zero-order valence-corrected chi connectivity index (χ0v) is 21.8. The highest BCUT2D eigenvalue weighted by molar-refractivity contribution is 7.92. The number of hydrogen-bond donors (Lipinski definition) is 1. The van der Waals surface area contributed by atoms with Crippen LogP contribution >= 0.6 is 0 Å². The van der Waals surface area contributed by atoms with Crippen LogP contribution in [0.15, 0.2) is 77.7 Å². The number of anilines is 1. The van der Waals surface area contributed by atoms with Gasteiger partial charge in [0.2, 0.25) is 11.8 Å². The third-order valence-electron chi connectivity index (χ3n) is 7.45. The van der Waals surface area contributed by atoms with Gasteiger partial charge in [-0.3, -0.25) is 0 Å². The van der Waals surface area contributed by atoms with E-state index in [2.05, 4.69) is 39.0 Å². The standard InChI is InChI=1S/C30H29N3O3S/c1-19-7-5-8-20(2)29(19)27-17-28-32-30(31-27)33-37(34,35)25-11-6-9-21(16-25)13-22-14-23-10-3-4-12-26(23)24(15-22)18-36-28/h3-12,16-17,22,24H,13-15,18H2,1-2H3,(H,31,32,33). The van der Waals surface area contributed by atoms with Crippen LogP contribution in [-0.2, 0) is 22.9 Å². The quantitative estimate of drug-likeness (QED) is 0.347. The topological polar surface area (TPSA) is 81.2 Å². The summed E-state index contributed by atoms with van der Waals surface area (Å²) >= 11 is 0. The van der Waals surface area contributed by atoms with E-state index in [9.17, 15) is 8.42 Å². The van der Waals surface area contributed by atoms with Gasteiger partial charge < -0.3 is 4.74 Å². The van der Waals surface area contributed by atoms with E-state index < -0.39 is 10.0 Å². The van der Waals surface area contributed by atoms with E-state index >= 15 is 0 Å². The Hall–Kier alpha value is -3.71. The first-order valence-electron chi connectivity index (χ1n) is 12.6. The molecule has 0 amide bonds. The first-order valence-corrected chi connectivity index (χ1v) is 14.1. The van der Waals surface area contributed by atoms with E-state index in [0.29, 0.717) is 24.1 Å². The summed E-state index contributed by atoms with van der Waals surface area (Å²) in [6.07, 6.45) is 2.75. The highest BCUT2D eigenvalue weighted by atomic mass is 32.2. The van der Waals surface area contributed by atoms with Crippen LogP contribution in [0.5, 0.6) is 5.88 Å². The fourth-order valence-corrected chi connectivity index (χ4v) is 6.80. The smallest absolute Gasteiger partial charge is 0.264 e. The van der Waals surface area contributed by atoms with Crippen LogP contribution in [0.4, 0.5) is 5.95 Å². The number of ether oxygens (including phenoxy) is 1. The molecular formula is C30H29N3O3S. The van der Waals surface area contributed by atoms with Gasteiger partial charge in [-0.1, -0.05) is 54.6 Å².